The van der Waals surface area contributed by atoms with Crippen LogP contribution in [-0.4, -0.2) is 116 Å². The molecular formula is C25H42N4O9S. The molecule has 0 spiro atoms. The lowest BCUT2D eigenvalue weighted by Crippen LogP contribution is -2.57. The third kappa shape index (κ3) is 12.9. The highest BCUT2D eigenvalue weighted by molar-refractivity contribution is 7.98. The highest BCUT2D eigenvalue weighted by atomic mass is 32.2. The molecule has 14 heteroatoms. The smallest absolute Gasteiger partial charge is 0.408 e. The molecule has 0 aliphatic carbocycles. The second kappa shape index (κ2) is 17.3. The molecule has 0 aliphatic rings. The molecule has 0 saturated heterocycles. The van der Waals surface area contributed by atoms with Gasteiger partial charge in [0.05, 0.1) is 7.11 Å². The fourth-order valence-corrected chi connectivity index (χ4v) is 3.89. The Morgan fingerprint density at radius 1 is 1.08 bits per heavy atom. The Bertz CT molecular complexity index is 891. The second-order valence-corrected chi connectivity index (χ2v) is 10.4. The lowest BCUT2D eigenvalue weighted by Gasteiger charge is -2.33. The van der Waals surface area contributed by atoms with E-state index in [0.717, 1.165) is 7.11 Å². The topological polar surface area (TPSA) is 161 Å². The van der Waals surface area contributed by atoms with E-state index in [4.69, 9.17) is 9.47 Å². The maximum Gasteiger partial charge on any atom is 0.408 e. The van der Waals surface area contributed by atoms with Gasteiger partial charge in [-0.3, -0.25) is 24.0 Å². The molecule has 4 amide bonds. The van der Waals surface area contributed by atoms with Crippen LogP contribution in [0.25, 0.3) is 0 Å². The van der Waals surface area contributed by atoms with Gasteiger partial charge in [-0.2, -0.15) is 11.8 Å². The van der Waals surface area contributed by atoms with E-state index in [9.17, 15) is 28.8 Å². The summed E-state index contributed by atoms with van der Waals surface area (Å²) in [5.74, 6) is -4.22. The van der Waals surface area contributed by atoms with E-state index in [1.165, 1.54) is 41.7 Å². The van der Waals surface area contributed by atoms with Crippen molar-refractivity contribution in [3.05, 3.63) is 12.7 Å². The van der Waals surface area contributed by atoms with E-state index in [2.05, 4.69) is 21.9 Å². The molecule has 0 radical (unpaired) electrons. The Hall–Kier alpha value is -3.29. The summed E-state index contributed by atoms with van der Waals surface area (Å²) in [6.07, 6.45) is 2.40. The fourth-order valence-electron chi connectivity index (χ4n) is 3.21. The summed E-state index contributed by atoms with van der Waals surface area (Å²) in [5.41, 5.74) is -0.853. The normalized spacial score (nSPS) is 13.1. The van der Waals surface area contributed by atoms with Gasteiger partial charge in [0, 0.05) is 26.4 Å². The van der Waals surface area contributed by atoms with Gasteiger partial charge in [0.15, 0.2) is 0 Å². The second-order valence-electron chi connectivity index (χ2n) is 9.51. The van der Waals surface area contributed by atoms with Gasteiger partial charge in [0.2, 0.25) is 17.7 Å². The highest BCUT2D eigenvalue weighted by Crippen LogP contribution is 2.16. The first-order chi connectivity index (χ1) is 18.1. The Morgan fingerprint density at radius 2 is 1.69 bits per heavy atom. The number of rotatable bonds is 15. The standard InChI is InChI=1S/C25H42N4O9S/c1-10-12-37-23(34)16(11-2)21(32)29(7)18(15-39-9)22(33)28(6)14-17(20(31)26-13-19(30)36-8)27-24(35)38-25(3,4)5/h10,16-18H,1,11-15H2,2-9H3,(H,26,31)(H,27,35)/t16-,17-,18+/m1/s1. The number of carbonyl (C=O) groups excluding carboxylic acids is 6. The number of esters is 2. The Balaban J connectivity index is 5.82. The molecule has 0 bridgehead atoms. The van der Waals surface area contributed by atoms with Gasteiger partial charge in [0.25, 0.3) is 0 Å². The van der Waals surface area contributed by atoms with Gasteiger partial charge >= 0.3 is 18.0 Å². The lowest BCUT2D eigenvalue weighted by molar-refractivity contribution is -0.157. The molecule has 0 saturated carbocycles. The molecule has 0 aliphatic heterocycles. The fraction of sp³-hybridized carbons (Fsp3) is 0.680. The number of nitrogens with zero attached hydrogens (tertiary/aromatic N) is 2. The van der Waals surface area contributed by atoms with Crippen molar-refractivity contribution in [3.63, 3.8) is 0 Å². The Morgan fingerprint density at radius 3 is 2.18 bits per heavy atom. The minimum atomic E-state index is -1.30. The highest BCUT2D eigenvalue weighted by Gasteiger charge is 2.37. The first-order valence-electron chi connectivity index (χ1n) is 12.2. The maximum absolute atomic E-state index is 13.5. The average Bonchev–Trinajstić information content (AvgIpc) is 2.86. The number of methoxy groups -OCH3 is 1. The molecule has 0 aromatic rings. The van der Waals surface area contributed by atoms with Crippen LogP contribution in [0.15, 0.2) is 12.7 Å². The van der Waals surface area contributed by atoms with Gasteiger partial charge in [-0.25, -0.2) is 4.79 Å². The van der Waals surface area contributed by atoms with Gasteiger partial charge in [0.1, 0.15) is 36.8 Å². The van der Waals surface area contributed by atoms with Gasteiger partial charge in [-0.1, -0.05) is 19.6 Å². The van der Waals surface area contributed by atoms with Crippen LogP contribution < -0.4 is 10.6 Å². The molecule has 13 nitrogen and oxygen atoms in total. The summed E-state index contributed by atoms with van der Waals surface area (Å²) in [6, 6.07) is -2.29. The molecule has 222 valence electrons. The predicted octanol–water partition coefficient (Wildman–Crippen LogP) is 0.573. The van der Waals surface area contributed by atoms with Crippen LogP contribution in [0.5, 0.6) is 0 Å². The van der Waals surface area contributed by atoms with Gasteiger partial charge < -0.3 is 34.6 Å². The monoisotopic (exact) mass is 574 g/mol. The molecular weight excluding hydrogens is 532 g/mol. The quantitative estimate of drug-likeness (QED) is 0.122. The molecule has 0 fully saturated rings. The minimum absolute atomic E-state index is 0.0493. The van der Waals surface area contributed by atoms with Crippen LogP contribution in [0.4, 0.5) is 4.79 Å². The van der Waals surface area contributed by atoms with E-state index in [0.29, 0.717) is 0 Å². The molecule has 0 aromatic carbocycles. The zero-order chi connectivity index (χ0) is 30.3. The molecule has 0 rings (SSSR count). The van der Waals surface area contributed by atoms with Crippen LogP contribution >= 0.6 is 11.8 Å². The van der Waals surface area contributed by atoms with Crippen LogP contribution in [0, 0.1) is 5.92 Å². The summed E-state index contributed by atoms with van der Waals surface area (Å²) in [7, 11) is 3.97. The Kier molecular flexibility index (Phi) is 15.9. The van der Waals surface area contributed by atoms with Crippen molar-refractivity contribution in [2.75, 3.05) is 52.9 Å². The van der Waals surface area contributed by atoms with Crippen LogP contribution in [0.2, 0.25) is 0 Å². The summed E-state index contributed by atoms with van der Waals surface area (Å²) >= 11 is 1.31. The number of hydrogen-bond acceptors (Lipinski definition) is 10. The number of hydrogen-bond donors (Lipinski definition) is 2. The molecule has 0 heterocycles. The number of thioether (sulfide) groups is 1. The number of alkyl carbamates (subject to hydrolysis) is 1. The zero-order valence-corrected chi connectivity index (χ0v) is 24.8. The maximum atomic E-state index is 13.5. The summed E-state index contributed by atoms with van der Waals surface area (Å²) in [6.45, 7) is 9.25. The number of amides is 4. The molecule has 2 N–H and O–H groups in total. The molecule has 3 atom stereocenters. The van der Waals surface area contributed by atoms with E-state index < -0.39 is 65.9 Å². The third-order valence-corrected chi connectivity index (χ3v) is 5.88. The third-order valence-electron chi connectivity index (χ3n) is 5.23. The van der Waals surface area contributed by atoms with E-state index in [-0.39, 0.29) is 25.3 Å². The average molecular weight is 575 g/mol. The van der Waals surface area contributed by atoms with Gasteiger partial charge in [-0.05, 0) is 33.4 Å². The molecule has 0 aromatic heterocycles. The molecule has 0 unspecified atom stereocenters. The van der Waals surface area contributed by atoms with Crippen molar-refractivity contribution in [1.29, 1.82) is 0 Å². The van der Waals surface area contributed by atoms with Crippen LogP contribution in [0.3, 0.4) is 0 Å². The van der Waals surface area contributed by atoms with Crippen molar-refractivity contribution in [2.24, 2.45) is 5.92 Å². The predicted molar refractivity (Wildman–Crippen MR) is 146 cm³/mol. The first kappa shape index (κ1) is 35.7. The van der Waals surface area contributed by atoms with Crippen LogP contribution in [-0.2, 0) is 38.2 Å². The van der Waals surface area contributed by atoms with E-state index in [1.54, 1.807) is 34.0 Å². The van der Waals surface area contributed by atoms with Crippen LogP contribution in [0.1, 0.15) is 34.1 Å². The largest absolute Gasteiger partial charge is 0.468 e. The summed E-state index contributed by atoms with van der Waals surface area (Å²) < 4.78 is 14.8. The zero-order valence-electron chi connectivity index (χ0n) is 24.0. The number of nitrogens with one attached hydrogen (secondary N) is 2. The van der Waals surface area contributed by atoms with E-state index >= 15 is 0 Å². The minimum Gasteiger partial charge on any atom is -0.468 e. The van der Waals surface area contributed by atoms with E-state index in [1.807, 2.05) is 0 Å². The van der Waals surface area contributed by atoms with Crippen molar-refractivity contribution in [2.45, 2.75) is 51.8 Å². The number of carbonyl (C=O) groups is 6. The first-order valence-corrected chi connectivity index (χ1v) is 13.6. The lowest BCUT2D eigenvalue weighted by atomic mass is 10.0. The summed E-state index contributed by atoms with van der Waals surface area (Å²) in [4.78, 5) is 78.0. The Labute approximate surface area is 234 Å². The summed E-state index contributed by atoms with van der Waals surface area (Å²) in [5, 5.41) is 4.76. The van der Waals surface area contributed by atoms with Crippen molar-refractivity contribution >= 4 is 47.5 Å². The van der Waals surface area contributed by atoms with Crippen molar-refractivity contribution in [3.8, 4) is 0 Å². The molecule has 39 heavy (non-hydrogen) atoms. The number of likely N-dealkylation sites (N-methyl/N-ethyl adjacent to an activating group) is 2. The van der Waals surface area contributed by atoms with Crippen molar-refractivity contribution < 1.29 is 43.0 Å². The van der Waals surface area contributed by atoms with Crippen molar-refractivity contribution in [1.82, 2.24) is 20.4 Å². The van der Waals surface area contributed by atoms with Gasteiger partial charge in [-0.15, -0.1) is 0 Å². The number of ether oxygens (including phenoxy) is 3. The SMILES string of the molecule is C=CCOC(=O)[C@H](CC)C(=O)N(C)[C@@H](CSC)C(=O)N(C)C[C@@H](NC(=O)OC(C)(C)C)C(=O)NCC(=O)OC.